The number of nitrogens with one attached hydrogen (secondary N) is 1. The van der Waals surface area contributed by atoms with Crippen LogP contribution in [0.3, 0.4) is 0 Å². The van der Waals surface area contributed by atoms with Crippen LogP contribution in [-0.4, -0.2) is 20.9 Å². The molecule has 3 N–H and O–H groups in total. The maximum absolute atomic E-state index is 14.1. The lowest BCUT2D eigenvalue weighted by molar-refractivity contribution is -0.0500. The topological polar surface area (TPSA) is 98.5 Å². The zero-order valence-electron chi connectivity index (χ0n) is 12.2. The molecule has 2 aromatic rings. The largest absolute Gasteiger partial charge is 0.435 e. The number of hydrogen-bond donors (Lipinski definition) is 2. The summed E-state index contributed by atoms with van der Waals surface area (Å²) in [4.78, 5) is 10.5. The van der Waals surface area contributed by atoms with Crippen molar-refractivity contribution in [2.45, 2.75) is 11.5 Å². The highest BCUT2D eigenvalue weighted by Crippen LogP contribution is 2.25. The third kappa shape index (κ3) is 4.18. The van der Waals surface area contributed by atoms with Crippen LogP contribution in [0, 0.1) is 11.6 Å². The molecule has 25 heavy (non-hydrogen) atoms. The van der Waals surface area contributed by atoms with E-state index in [0.717, 1.165) is 30.3 Å². The molecule has 2 aromatic carbocycles. The van der Waals surface area contributed by atoms with Gasteiger partial charge in [-0.2, -0.15) is 8.78 Å². The van der Waals surface area contributed by atoms with E-state index in [0.29, 0.717) is 6.07 Å². The van der Waals surface area contributed by atoms with Gasteiger partial charge in [0.15, 0.2) is 5.82 Å². The van der Waals surface area contributed by atoms with Gasteiger partial charge in [0.2, 0.25) is 0 Å². The number of nitrogens with two attached hydrogens (primary N) is 1. The molecule has 0 fully saturated rings. The number of amides is 1. The molecule has 0 heterocycles. The number of hydrogen-bond acceptors (Lipinski definition) is 4. The van der Waals surface area contributed by atoms with Gasteiger partial charge < -0.3 is 10.5 Å². The van der Waals surface area contributed by atoms with E-state index < -0.39 is 56.1 Å². The van der Waals surface area contributed by atoms with Crippen LogP contribution in [0.1, 0.15) is 10.4 Å². The van der Waals surface area contributed by atoms with Gasteiger partial charge in [-0.1, -0.05) is 6.07 Å². The Morgan fingerprint density at radius 2 is 1.84 bits per heavy atom. The number of rotatable bonds is 6. The third-order valence-electron chi connectivity index (χ3n) is 2.92. The summed E-state index contributed by atoms with van der Waals surface area (Å²) in [7, 11) is -4.44. The molecule has 0 aromatic heterocycles. The molecule has 134 valence electrons. The molecule has 0 aliphatic rings. The SMILES string of the molecule is NC(=O)c1c(F)ccc(NS(=O)(=O)c2cccc(OC(F)F)c2)c1F. The van der Waals surface area contributed by atoms with Crippen LogP contribution in [0.4, 0.5) is 23.2 Å². The van der Waals surface area contributed by atoms with E-state index in [2.05, 4.69) is 4.74 Å². The molecule has 2 rings (SSSR count). The average molecular weight is 378 g/mol. The highest BCUT2D eigenvalue weighted by atomic mass is 32.2. The van der Waals surface area contributed by atoms with Gasteiger partial charge in [-0.3, -0.25) is 9.52 Å². The number of anilines is 1. The number of ether oxygens (including phenoxy) is 1. The van der Waals surface area contributed by atoms with Crippen molar-refractivity contribution < 1.29 is 35.5 Å². The van der Waals surface area contributed by atoms with Crippen LogP contribution < -0.4 is 15.2 Å². The lowest BCUT2D eigenvalue weighted by atomic mass is 10.1. The summed E-state index contributed by atoms with van der Waals surface area (Å²) in [6.45, 7) is -3.17. The Morgan fingerprint density at radius 1 is 1.16 bits per heavy atom. The minimum absolute atomic E-state index is 0.435. The van der Waals surface area contributed by atoms with Gasteiger partial charge in [-0.15, -0.1) is 0 Å². The van der Waals surface area contributed by atoms with E-state index in [1.807, 2.05) is 0 Å². The number of primary amides is 1. The predicted octanol–water partition coefficient (Wildman–Crippen LogP) is 2.47. The molecule has 0 saturated carbocycles. The minimum Gasteiger partial charge on any atom is -0.435 e. The van der Waals surface area contributed by atoms with Crippen molar-refractivity contribution in [3.63, 3.8) is 0 Å². The van der Waals surface area contributed by atoms with E-state index >= 15 is 0 Å². The Hall–Kier alpha value is -2.82. The van der Waals surface area contributed by atoms with E-state index in [4.69, 9.17) is 5.73 Å². The van der Waals surface area contributed by atoms with Crippen LogP contribution in [0.15, 0.2) is 41.3 Å². The summed E-state index contributed by atoms with van der Waals surface area (Å²) in [5.41, 5.74) is 2.99. The number of sulfonamides is 1. The van der Waals surface area contributed by atoms with Crippen LogP contribution in [-0.2, 0) is 10.0 Å². The van der Waals surface area contributed by atoms with Crippen LogP contribution in [0.25, 0.3) is 0 Å². The maximum Gasteiger partial charge on any atom is 0.387 e. The normalized spacial score (nSPS) is 11.4. The molecule has 11 heteroatoms. The molecule has 6 nitrogen and oxygen atoms in total. The molecule has 1 amide bonds. The Bertz CT molecular complexity index is 919. The van der Waals surface area contributed by atoms with Crippen LogP contribution in [0.5, 0.6) is 5.75 Å². The standard InChI is InChI=1S/C14H10F4N2O4S/c15-9-4-5-10(12(16)11(9)13(19)21)20-25(22,23)8-3-1-2-7(6-8)24-14(17)18/h1-6,14,20H,(H2,19,21). The Kier molecular flexibility index (Phi) is 5.16. The second-order valence-electron chi connectivity index (χ2n) is 4.61. The van der Waals surface area contributed by atoms with Gasteiger partial charge in [0.25, 0.3) is 15.9 Å². The van der Waals surface area contributed by atoms with Crippen molar-refractivity contribution in [3.8, 4) is 5.75 Å². The van der Waals surface area contributed by atoms with Crippen molar-refractivity contribution in [1.29, 1.82) is 0 Å². The van der Waals surface area contributed by atoms with Gasteiger partial charge >= 0.3 is 6.61 Å². The first-order valence-corrected chi connectivity index (χ1v) is 7.95. The molecule has 0 aliphatic heterocycles. The number of carbonyl (C=O) groups excluding carboxylic acids is 1. The molecule has 0 bridgehead atoms. The Morgan fingerprint density at radius 3 is 2.44 bits per heavy atom. The number of carbonyl (C=O) groups is 1. The van der Waals surface area contributed by atoms with Crippen molar-refractivity contribution in [2.75, 3.05) is 4.72 Å². The van der Waals surface area contributed by atoms with Crippen molar-refractivity contribution in [1.82, 2.24) is 0 Å². The summed E-state index contributed by atoms with van der Waals surface area (Å²) in [5, 5.41) is 0. The summed E-state index contributed by atoms with van der Waals surface area (Å²) in [6, 6.07) is 5.44. The lowest BCUT2D eigenvalue weighted by Gasteiger charge is -2.12. The van der Waals surface area contributed by atoms with Crippen LogP contribution >= 0.6 is 0 Å². The quantitative estimate of drug-likeness (QED) is 0.755. The van der Waals surface area contributed by atoms with Gasteiger partial charge in [-0.05, 0) is 24.3 Å². The Labute approximate surface area is 139 Å². The first-order chi connectivity index (χ1) is 11.6. The number of alkyl halides is 2. The number of benzene rings is 2. The molecule has 0 radical (unpaired) electrons. The summed E-state index contributed by atoms with van der Waals surface area (Å²) >= 11 is 0. The second kappa shape index (κ2) is 6.97. The monoisotopic (exact) mass is 378 g/mol. The Balaban J connectivity index is 2.40. The second-order valence-corrected chi connectivity index (χ2v) is 6.29. The zero-order chi connectivity index (χ0) is 18.8. The highest BCUT2D eigenvalue weighted by Gasteiger charge is 2.23. The van der Waals surface area contributed by atoms with Crippen molar-refractivity contribution in [3.05, 3.63) is 53.6 Å². The number of halogens is 4. The smallest absolute Gasteiger partial charge is 0.387 e. The van der Waals surface area contributed by atoms with Crippen LogP contribution in [0.2, 0.25) is 0 Å². The minimum atomic E-state index is -4.44. The molecule has 0 saturated heterocycles. The van der Waals surface area contributed by atoms with Crippen molar-refractivity contribution in [2.24, 2.45) is 5.73 Å². The molecule has 0 atom stereocenters. The summed E-state index contributed by atoms with van der Waals surface area (Å²) in [5.74, 6) is -4.63. The fraction of sp³-hybridized carbons (Fsp3) is 0.0714. The summed E-state index contributed by atoms with van der Waals surface area (Å²) < 4.78 is 82.2. The average Bonchev–Trinajstić information content (AvgIpc) is 2.49. The van der Waals surface area contributed by atoms with Gasteiger partial charge in [0, 0.05) is 6.07 Å². The van der Waals surface area contributed by atoms with Gasteiger partial charge in [0.05, 0.1) is 10.6 Å². The maximum atomic E-state index is 14.1. The molecular formula is C14H10F4N2O4S. The fourth-order valence-electron chi connectivity index (χ4n) is 1.88. The van der Waals surface area contributed by atoms with Gasteiger partial charge in [0.1, 0.15) is 17.1 Å². The first-order valence-electron chi connectivity index (χ1n) is 6.47. The highest BCUT2D eigenvalue weighted by molar-refractivity contribution is 7.92. The zero-order valence-corrected chi connectivity index (χ0v) is 13.0. The van der Waals surface area contributed by atoms with E-state index in [1.54, 1.807) is 4.72 Å². The van der Waals surface area contributed by atoms with Gasteiger partial charge in [-0.25, -0.2) is 17.2 Å². The first kappa shape index (κ1) is 18.5. The molecular weight excluding hydrogens is 368 g/mol. The predicted molar refractivity (Wildman–Crippen MR) is 78.8 cm³/mol. The van der Waals surface area contributed by atoms with E-state index in [9.17, 15) is 30.8 Å². The summed E-state index contributed by atoms with van der Waals surface area (Å²) in [6.07, 6.45) is 0. The lowest BCUT2D eigenvalue weighted by Crippen LogP contribution is -2.19. The molecule has 0 unspecified atom stereocenters. The third-order valence-corrected chi connectivity index (χ3v) is 4.29. The van der Waals surface area contributed by atoms with E-state index in [1.165, 1.54) is 0 Å². The fourth-order valence-corrected chi connectivity index (χ4v) is 2.97. The molecule has 0 spiro atoms. The van der Waals surface area contributed by atoms with E-state index in [-0.39, 0.29) is 0 Å². The van der Waals surface area contributed by atoms with Crippen molar-refractivity contribution >= 4 is 21.6 Å². The molecule has 0 aliphatic carbocycles.